The monoisotopic (exact) mass is 220 g/mol. The summed E-state index contributed by atoms with van der Waals surface area (Å²) >= 11 is 0. The van der Waals surface area contributed by atoms with Crippen LogP contribution in [-0.2, 0) is 4.74 Å². The summed E-state index contributed by atoms with van der Waals surface area (Å²) in [5.74, 6) is 0. The molecule has 5 heteroatoms. The molecule has 5 nitrogen and oxygen atoms in total. The van der Waals surface area contributed by atoms with Gasteiger partial charge in [-0.15, -0.1) is 0 Å². The Balaban J connectivity index is 2.34. The Labute approximate surface area is 89.3 Å². The van der Waals surface area contributed by atoms with Crippen LogP contribution in [0.5, 0.6) is 0 Å². The van der Waals surface area contributed by atoms with Crippen molar-refractivity contribution < 1.29 is 25.2 Å². The van der Waals surface area contributed by atoms with Gasteiger partial charge in [0, 0.05) is 13.0 Å². The minimum atomic E-state index is -0.996. The predicted octanol–water partition coefficient (Wildman–Crippen LogP) is -0.979. The van der Waals surface area contributed by atoms with Crippen LogP contribution in [0.1, 0.15) is 25.7 Å². The fourth-order valence-corrected chi connectivity index (χ4v) is 1.86. The number of hydrogen-bond acceptors (Lipinski definition) is 5. The van der Waals surface area contributed by atoms with Crippen molar-refractivity contribution in [2.45, 2.75) is 50.1 Å². The second kappa shape index (κ2) is 6.40. The molecular weight excluding hydrogens is 200 g/mol. The smallest absolute Gasteiger partial charge is 0.109 e. The van der Waals surface area contributed by atoms with Crippen molar-refractivity contribution in [2.24, 2.45) is 0 Å². The number of aliphatic hydroxyl groups is 4. The lowest BCUT2D eigenvalue weighted by Crippen LogP contribution is -2.49. The van der Waals surface area contributed by atoms with E-state index in [-0.39, 0.29) is 19.3 Å². The molecule has 0 aliphatic carbocycles. The number of ether oxygens (including phenoxy) is 1. The van der Waals surface area contributed by atoms with Gasteiger partial charge in [0.05, 0.1) is 18.8 Å². The van der Waals surface area contributed by atoms with Crippen molar-refractivity contribution >= 4 is 0 Å². The van der Waals surface area contributed by atoms with E-state index >= 15 is 0 Å². The van der Waals surface area contributed by atoms with E-state index in [2.05, 4.69) is 0 Å². The number of unbranched alkanes of at least 4 members (excludes halogenated alkanes) is 1. The second-order valence-corrected chi connectivity index (χ2v) is 3.99. The van der Waals surface area contributed by atoms with Crippen molar-refractivity contribution in [3.63, 3.8) is 0 Å². The zero-order chi connectivity index (χ0) is 11.3. The Morgan fingerprint density at radius 2 is 1.87 bits per heavy atom. The SMILES string of the molecule is OCCCCC1C[C@@H](O)[C@H](O)[C@@H](CO)O1. The first-order chi connectivity index (χ1) is 7.19. The fourth-order valence-electron chi connectivity index (χ4n) is 1.86. The molecule has 1 aliphatic heterocycles. The Morgan fingerprint density at radius 3 is 2.47 bits per heavy atom. The van der Waals surface area contributed by atoms with Gasteiger partial charge in [-0.25, -0.2) is 0 Å². The van der Waals surface area contributed by atoms with Crippen molar-refractivity contribution in [2.75, 3.05) is 13.2 Å². The normalized spacial score (nSPS) is 36.8. The van der Waals surface area contributed by atoms with Crippen LogP contribution in [0.25, 0.3) is 0 Å². The van der Waals surface area contributed by atoms with Gasteiger partial charge in [-0.1, -0.05) is 0 Å². The molecule has 0 aromatic rings. The van der Waals surface area contributed by atoms with Crippen LogP contribution in [0.15, 0.2) is 0 Å². The Hall–Kier alpha value is -0.200. The minimum absolute atomic E-state index is 0.132. The summed E-state index contributed by atoms with van der Waals surface area (Å²) in [6.45, 7) is -0.129. The second-order valence-electron chi connectivity index (χ2n) is 3.99. The quantitative estimate of drug-likeness (QED) is 0.447. The summed E-state index contributed by atoms with van der Waals surface area (Å²) in [6, 6.07) is 0. The Kier molecular flexibility index (Phi) is 5.49. The summed E-state index contributed by atoms with van der Waals surface area (Å²) in [7, 11) is 0. The van der Waals surface area contributed by atoms with Crippen LogP contribution in [0.3, 0.4) is 0 Å². The molecule has 90 valence electrons. The van der Waals surface area contributed by atoms with Gasteiger partial charge in [0.1, 0.15) is 12.2 Å². The molecule has 0 amide bonds. The average molecular weight is 220 g/mol. The van der Waals surface area contributed by atoms with E-state index in [9.17, 15) is 10.2 Å². The zero-order valence-electron chi connectivity index (χ0n) is 8.75. The molecule has 1 saturated heterocycles. The van der Waals surface area contributed by atoms with Gasteiger partial charge in [0.2, 0.25) is 0 Å². The first-order valence-electron chi connectivity index (χ1n) is 5.42. The van der Waals surface area contributed by atoms with Crippen molar-refractivity contribution in [3.8, 4) is 0 Å². The summed E-state index contributed by atoms with van der Waals surface area (Å²) in [5, 5.41) is 36.5. The van der Waals surface area contributed by atoms with Crippen molar-refractivity contribution in [1.29, 1.82) is 0 Å². The third kappa shape index (κ3) is 3.70. The van der Waals surface area contributed by atoms with Gasteiger partial charge in [0.25, 0.3) is 0 Å². The van der Waals surface area contributed by atoms with Gasteiger partial charge in [0.15, 0.2) is 0 Å². The molecule has 0 radical (unpaired) electrons. The largest absolute Gasteiger partial charge is 0.396 e. The Morgan fingerprint density at radius 1 is 1.13 bits per heavy atom. The van der Waals surface area contributed by atoms with Gasteiger partial charge in [-0.3, -0.25) is 0 Å². The van der Waals surface area contributed by atoms with Crippen LogP contribution < -0.4 is 0 Å². The van der Waals surface area contributed by atoms with Crippen LogP contribution in [0.2, 0.25) is 0 Å². The average Bonchev–Trinajstić information content (AvgIpc) is 2.23. The lowest BCUT2D eigenvalue weighted by molar-refractivity contribution is -0.181. The van der Waals surface area contributed by atoms with Crippen molar-refractivity contribution in [3.05, 3.63) is 0 Å². The molecule has 1 heterocycles. The van der Waals surface area contributed by atoms with Crippen molar-refractivity contribution in [1.82, 2.24) is 0 Å². The van der Waals surface area contributed by atoms with E-state index in [1.165, 1.54) is 0 Å². The molecule has 0 aromatic carbocycles. The van der Waals surface area contributed by atoms with Crippen LogP contribution in [0.4, 0.5) is 0 Å². The van der Waals surface area contributed by atoms with E-state index in [0.29, 0.717) is 12.8 Å². The highest BCUT2D eigenvalue weighted by atomic mass is 16.5. The van der Waals surface area contributed by atoms with Gasteiger partial charge < -0.3 is 25.2 Å². The van der Waals surface area contributed by atoms with Gasteiger partial charge in [-0.05, 0) is 19.3 Å². The molecule has 0 aromatic heterocycles. The Bertz CT molecular complexity index is 175. The molecule has 4 atom stereocenters. The lowest BCUT2D eigenvalue weighted by Gasteiger charge is -2.36. The molecule has 1 aliphatic rings. The molecule has 1 rings (SSSR count). The molecular formula is C10H20O5. The molecule has 0 saturated carbocycles. The number of hydrogen-bond donors (Lipinski definition) is 4. The highest BCUT2D eigenvalue weighted by molar-refractivity contribution is 4.84. The highest BCUT2D eigenvalue weighted by Crippen LogP contribution is 2.23. The predicted molar refractivity (Wildman–Crippen MR) is 53.3 cm³/mol. The fraction of sp³-hybridized carbons (Fsp3) is 1.00. The molecule has 1 unspecified atom stereocenters. The maximum atomic E-state index is 9.52. The van der Waals surface area contributed by atoms with Crippen LogP contribution in [0, 0.1) is 0 Å². The van der Waals surface area contributed by atoms with E-state index in [1.54, 1.807) is 0 Å². The van der Waals surface area contributed by atoms with E-state index < -0.39 is 18.3 Å². The molecule has 15 heavy (non-hydrogen) atoms. The maximum Gasteiger partial charge on any atom is 0.109 e. The summed E-state index contributed by atoms with van der Waals surface area (Å²) < 4.78 is 5.42. The molecule has 0 bridgehead atoms. The summed E-state index contributed by atoms with van der Waals surface area (Å²) in [4.78, 5) is 0. The van der Waals surface area contributed by atoms with Gasteiger partial charge in [-0.2, -0.15) is 0 Å². The van der Waals surface area contributed by atoms with Crippen LogP contribution in [-0.4, -0.2) is 58.1 Å². The third-order valence-electron chi connectivity index (χ3n) is 2.76. The summed E-state index contributed by atoms with van der Waals surface area (Å²) in [5.41, 5.74) is 0. The standard InChI is InChI=1S/C10H20O5/c11-4-2-1-3-7-5-8(13)10(14)9(6-12)15-7/h7-14H,1-6H2/t7?,8-,9-,10+/m1/s1. The topological polar surface area (TPSA) is 90.2 Å². The van der Waals surface area contributed by atoms with E-state index in [1.807, 2.05) is 0 Å². The zero-order valence-corrected chi connectivity index (χ0v) is 8.75. The molecule has 4 N–H and O–H groups in total. The molecule has 0 spiro atoms. The third-order valence-corrected chi connectivity index (χ3v) is 2.76. The van der Waals surface area contributed by atoms with E-state index in [0.717, 1.165) is 12.8 Å². The van der Waals surface area contributed by atoms with E-state index in [4.69, 9.17) is 14.9 Å². The maximum absolute atomic E-state index is 9.52. The molecule has 1 fully saturated rings. The highest BCUT2D eigenvalue weighted by Gasteiger charge is 2.35. The first kappa shape index (κ1) is 12.9. The lowest BCUT2D eigenvalue weighted by atomic mass is 9.95. The first-order valence-corrected chi connectivity index (χ1v) is 5.42. The minimum Gasteiger partial charge on any atom is -0.396 e. The van der Waals surface area contributed by atoms with Crippen LogP contribution >= 0.6 is 0 Å². The van der Waals surface area contributed by atoms with Gasteiger partial charge >= 0.3 is 0 Å². The number of aliphatic hydroxyl groups excluding tert-OH is 4. The number of rotatable bonds is 5. The summed E-state index contributed by atoms with van der Waals surface area (Å²) in [6.07, 6.45) is 0.0214.